The fraction of sp³-hybridized carbons (Fsp3) is 0.217. The van der Waals surface area contributed by atoms with E-state index in [1.807, 2.05) is 37.3 Å². The second-order valence-electron chi connectivity index (χ2n) is 7.35. The number of furan rings is 1. The predicted octanol–water partition coefficient (Wildman–Crippen LogP) is 4.66. The lowest BCUT2D eigenvalue weighted by Crippen LogP contribution is -2.16. The zero-order valence-electron chi connectivity index (χ0n) is 17.7. The first kappa shape index (κ1) is 22.1. The fourth-order valence-electron chi connectivity index (χ4n) is 3.49. The van der Waals surface area contributed by atoms with Crippen LogP contribution in [0.4, 0.5) is 0 Å². The lowest BCUT2D eigenvalue weighted by atomic mass is 10.1. The van der Waals surface area contributed by atoms with Crippen molar-refractivity contribution in [1.29, 1.82) is 0 Å². The van der Waals surface area contributed by atoms with E-state index in [1.54, 1.807) is 35.9 Å². The second-order valence-corrected chi connectivity index (χ2v) is 9.97. The maximum atomic E-state index is 13.0. The maximum absolute atomic E-state index is 13.0. The van der Waals surface area contributed by atoms with E-state index in [1.165, 1.54) is 6.26 Å². The Morgan fingerprint density at radius 3 is 2.53 bits per heavy atom. The number of aromatic nitrogens is 3. The van der Waals surface area contributed by atoms with E-state index in [9.17, 15) is 8.42 Å². The first-order chi connectivity index (χ1) is 15.4. The zero-order chi connectivity index (χ0) is 22.7. The van der Waals surface area contributed by atoms with E-state index in [2.05, 4.69) is 10.2 Å². The molecule has 0 radical (unpaired) electrons. The van der Waals surface area contributed by atoms with Gasteiger partial charge in [-0.3, -0.25) is 4.57 Å². The van der Waals surface area contributed by atoms with Gasteiger partial charge in [0, 0.05) is 5.02 Å². The van der Waals surface area contributed by atoms with Crippen molar-refractivity contribution in [3.8, 4) is 23.0 Å². The van der Waals surface area contributed by atoms with Gasteiger partial charge in [-0.05, 0) is 54.8 Å². The number of ether oxygens (including phenoxy) is 1. The third-order valence-corrected chi connectivity index (χ3v) is 6.86. The molecule has 0 fully saturated rings. The van der Waals surface area contributed by atoms with Gasteiger partial charge >= 0.3 is 0 Å². The summed E-state index contributed by atoms with van der Waals surface area (Å²) in [6.07, 6.45) is 1.92. The standard InChI is InChI=1S/C23H22ClN3O4S/c1-16-5-3-6-19(30-2)22(16)27-21(25-26-23(27)20-7-4-13-31-20)15-32(28,29)14-12-17-8-10-18(24)11-9-17/h3-11,13H,12,14-15H2,1-2H3. The molecule has 0 N–H and O–H groups in total. The molecule has 2 aromatic heterocycles. The largest absolute Gasteiger partial charge is 0.495 e. The molecule has 0 atom stereocenters. The topological polar surface area (TPSA) is 87.2 Å². The highest BCUT2D eigenvalue weighted by Gasteiger charge is 2.25. The summed E-state index contributed by atoms with van der Waals surface area (Å²) >= 11 is 5.91. The Labute approximate surface area is 191 Å². The summed E-state index contributed by atoms with van der Waals surface area (Å²) in [6.45, 7) is 1.92. The Balaban J connectivity index is 1.71. The molecule has 0 spiro atoms. The lowest BCUT2D eigenvalue weighted by molar-refractivity contribution is 0.412. The Kier molecular flexibility index (Phi) is 6.34. The Bertz CT molecular complexity index is 1310. The number of para-hydroxylation sites is 1. The summed E-state index contributed by atoms with van der Waals surface area (Å²) in [5.74, 6) is 1.46. The average Bonchev–Trinajstić information content (AvgIpc) is 3.43. The van der Waals surface area contributed by atoms with Crippen LogP contribution in [0.3, 0.4) is 0 Å². The van der Waals surface area contributed by atoms with Crippen LogP contribution < -0.4 is 4.74 Å². The third kappa shape index (κ3) is 4.71. The van der Waals surface area contributed by atoms with Gasteiger partial charge in [-0.2, -0.15) is 0 Å². The van der Waals surface area contributed by atoms with Crippen molar-refractivity contribution in [3.05, 3.63) is 82.8 Å². The second kappa shape index (κ2) is 9.18. The zero-order valence-corrected chi connectivity index (χ0v) is 19.2. The molecular formula is C23H22ClN3O4S. The van der Waals surface area contributed by atoms with Gasteiger partial charge in [0.25, 0.3) is 0 Å². The Hall–Kier alpha value is -3.10. The molecule has 7 nitrogen and oxygen atoms in total. The monoisotopic (exact) mass is 471 g/mol. The number of sulfone groups is 1. The maximum Gasteiger partial charge on any atom is 0.204 e. The fourth-order valence-corrected chi connectivity index (χ4v) is 4.88. The highest BCUT2D eigenvalue weighted by molar-refractivity contribution is 7.90. The number of hydrogen-bond acceptors (Lipinski definition) is 6. The third-order valence-electron chi connectivity index (χ3n) is 5.08. The molecule has 9 heteroatoms. The molecule has 4 aromatic rings. The molecule has 0 bridgehead atoms. The molecule has 0 aliphatic carbocycles. The molecule has 0 unspecified atom stereocenters. The van der Waals surface area contributed by atoms with Crippen LogP contribution in [0.15, 0.2) is 65.3 Å². The quantitative estimate of drug-likeness (QED) is 0.371. The van der Waals surface area contributed by atoms with Crippen LogP contribution in [0.1, 0.15) is 17.0 Å². The van der Waals surface area contributed by atoms with Crippen molar-refractivity contribution in [3.63, 3.8) is 0 Å². The number of rotatable bonds is 8. The molecule has 0 saturated carbocycles. The van der Waals surface area contributed by atoms with Gasteiger partial charge in [0.15, 0.2) is 21.4 Å². The van der Waals surface area contributed by atoms with Crippen LogP contribution in [0.2, 0.25) is 5.02 Å². The first-order valence-electron chi connectivity index (χ1n) is 9.95. The van der Waals surface area contributed by atoms with Gasteiger partial charge in [0.05, 0.1) is 24.8 Å². The van der Waals surface area contributed by atoms with Crippen molar-refractivity contribution in [2.24, 2.45) is 0 Å². The van der Waals surface area contributed by atoms with E-state index in [0.29, 0.717) is 40.3 Å². The predicted molar refractivity (Wildman–Crippen MR) is 123 cm³/mol. The lowest BCUT2D eigenvalue weighted by Gasteiger charge is -2.16. The normalized spacial score (nSPS) is 11.6. The van der Waals surface area contributed by atoms with Gasteiger partial charge in [-0.25, -0.2) is 8.42 Å². The molecular weight excluding hydrogens is 450 g/mol. The van der Waals surface area contributed by atoms with Crippen molar-refractivity contribution in [2.45, 2.75) is 19.1 Å². The highest BCUT2D eigenvalue weighted by atomic mass is 35.5. The van der Waals surface area contributed by atoms with Gasteiger partial charge in [0.2, 0.25) is 5.82 Å². The highest BCUT2D eigenvalue weighted by Crippen LogP contribution is 2.32. The Morgan fingerprint density at radius 1 is 1.06 bits per heavy atom. The number of aryl methyl sites for hydroxylation is 2. The number of methoxy groups -OCH3 is 1. The summed E-state index contributed by atoms with van der Waals surface area (Å²) in [6, 6.07) is 16.3. The van der Waals surface area contributed by atoms with Crippen molar-refractivity contribution >= 4 is 21.4 Å². The van der Waals surface area contributed by atoms with Crippen LogP contribution in [0, 0.1) is 6.92 Å². The number of hydrogen-bond donors (Lipinski definition) is 0. The Morgan fingerprint density at radius 2 is 1.84 bits per heavy atom. The van der Waals surface area contributed by atoms with E-state index in [-0.39, 0.29) is 11.5 Å². The van der Waals surface area contributed by atoms with Crippen LogP contribution in [0.5, 0.6) is 5.75 Å². The van der Waals surface area contributed by atoms with E-state index in [0.717, 1.165) is 11.1 Å². The number of benzene rings is 2. The summed E-state index contributed by atoms with van der Waals surface area (Å²) in [7, 11) is -1.92. The van der Waals surface area contributed by atoms with Crippen molar-refractivity contribution < 1.29 is 17.6 Å². The summed E-state index contributed by atoms with van der Waals surface area (Å²) in [4.78, 5) is 0. The van der Waals surface area contributed by atoms with E-state index in [4.69, 9.17) is 20.8 Å². The first-order valence-corrected chi connectivity index (χ1v) is 12.1. The molecule has 2 heterocycles. The van der Waals surface area contributed by atoms with Gasteiger partial charge in [0.1, 0.15) is 11.5 Å². The average molecular weight is 472 g/mol. The van der Waals surface area contributed by atoms with E-state index >= 15 is 0 Å². The molecule has 0 saturated heterocycles. The molecule has 2 aromatic carbocycles. The molecule has 32 heavy (non-hydrogen) atoms. The molecule has 0 aliphatic heterocycles. The van der Waals surface area contributed by atoms with Crippen LogP contribution in [-0.4, -0.2) is 36.0 Å². The summed E-state index contributed by atoms with van der Waals surface area (Å²) in [5.41, 5.74) is 2.46. The molecule has 0 aliphatic rings. The van der Waals surface area contributed by atoms with Crippen LogP contribution in [-0.2, 0) is 22.0 Å². The minimum Gasteiger partial charge on any atom is -0.495 e. The number of nitrogens with zero attached hydrogens (tertiary/aromatic N) is 3. The molecule has 0 amide bonds. The van der Waals surface area contributed by atoms with Crippen molar-refractivity contribution in [2.75, 3.05) is 12.9 Å². The summed E-state index contributed by atoms with van der Waals surface area (Å²) < 4.78 is 38.8. The minimum absolute atomic E-state index is 0.0253. The molecule has 166 valence electrons. The van der Waals surface area contributed by atoms with Gasteiger partial charge in [-0.1, -0.05) is 35.9 Å². The van der Waals surface area contributed by atoms with Gasteiger partial charge < -0.3 is 9.15 Å². The van der Waals surface area contributed by atoms with E-state index < -0.39 is 9.84 Å². The summed E-state index contributed by atoms with van der Waals surface area (Å²) in [5, 5.41) is 9.08. The van der Waals surface area contributed by atoms with Crippen LogP contribution in [0.25, 0.3) is 17.3 Å². The van der Waals surface area contributed by atoms with Crippen molar-refractivity contribution in [1.82, 2.24) is 14.8 Å². The molecule has 4 rings (SSSR count). The number of halogens is 1. The smallest absolute Gasteiger partial charge is 0.204 e. The van der Waals surface area contributed by atoms with Gasteiger partial charge in [-0.15, -0.1) is 10.2 Å². The minimum atomic E-state index is -3.49. The van der Waals surface area contributed by atoms with Crippen LogP contribution >= 0.6 is 11.6 Å². The SMILES string of the molecule is COc1cccc(C)c1-n1c(CS(=O)(=O)CCc2ccc(Cl)cc2)nnc1-c1ccco1.